The number of carbonyl (C=O) groups excluding carboxylic acids is 3. The number of ether oxygens (including phenoxy) is 1. The first kappa shape index (κ1) is 49.2. The SMILES string of the molecule is Cl.Cn1c(C(=O)NC(CN)c2ccc(C(=O)O)cc2)cc2c(Cl)c(Cl)ccc21.Cn1c(C(=O)NC(CNC(=O)OC(C)(C)C)c2ccc(C(=O)O)cc2)cc2c(Cl)c(Cl)ccc21. The van der Waals surface area contributed by atoms with Gasteiger partial charge in [0, 0.05) is 49.0 Å². The van der Waals surface area contributed by atoms with Crippen molar-refractivity contribution < 1.29 is 38.9 Å². The molecule has 0 bridgehead atoms. The summed E-state index contributed by atoms with van der Waals surface area (Å²) in [7, 11) is 3.50. The minimum Gasteiger partial charge on any atom is -0.478 e. The average Bonchev–Trinajstić information content (AvgIpc) is 3.74. The Balaban J connectivity index is 0.000000275. The first-order chi connectivity index (χ1) is 28.7. The first-order valence-corrected chi connectivity index (χ1v) is 20.0. The second kappa shape index (κ2) is 20.6. The van der Waals surface area contributed by atoms with E-state index in [9.17, 15) is 24.0 Å². The molecule has 328 valence electrons. The lowest BCUT2D eigenvalue weighted by molar-refractivity contribution is 0.0518. The fraction of sp³-hybridized carbons (Fsp3) is 0.233. The van der Waals surface area contributed by atoms with Crippen molar-refractivity contribution in [3.63, 3.8) is 0 Å². The molecule has 2 aromatic heterocycles. The van der Waals surface area contributed by atoms with Crippen LogP contribution in [0.15, 0.2) is 84.9 Å². The van der Waals surface area contributed by atoms with Crippen molar-refractivity contribution in [2.24, 2.45) is 19.8 Å². The zero-order valence-electron chi connectivity index (χ0n) is 33.9. The van der Waals surface area contributed by atoms with Crippen molar-refractivity contribution in [3.8, 4) is 0 Å². The van der Waals surface area contributed by atoms with Crippen LogP contribution in [0, 0.1) is 0 Å². The highest BCUT2D eigenvalue weighted by molar-refractivity contribution is 6.46. The minimum absolute atomic E-state index is 0. The Labute approximate surface area is 382 Å². The molecule has 0 radical (unpaired) electrons. The molecule has 4 aromatic carbocycles. The smallest absolute Gasteiger partial charge is 0.407 e. The molecule has 6 aromatic rings. The molecule has 2 atom stereocenters. The standard InChI is InChI=1S/C24H25Cl2N3O5.C19H17Cl2N3O3.ClH/c1-24(2,3)34-23(33)27-12-17(13-5-7-14(8-6-13)22(31)32)28-21(30)19-11-15-18(29(19)4)10-9-16(25)20(15)26;1-24-15-7-6-13(20)17(21)12(15)8-16(24)18(25)23-14(9-22)10-2-4-11(5-3-10)19(26)27;/h5-11,17H,12H2,1-4H3,(H,27,33)(H,28,30)(H,31,32);2-8,14H,9,22H2,1H3,(H,23,25)(H,26,27);1H. The van der Waals surface area contributed by atoms with Crippen LogP contribution in [0.25, 0.3) is 21.8 Å². The van der Waals surface area contributed by atoms with E-state index in [0.717, 1.165) is 16.6 Å². The summed E-state index contributed by atoms with van der Waals surface area (Å²) in [6.45, 7) is 5.41. The van der Waals surface area contributed by atoms with Crippen molar-refractivity contribution in [3.05, 3.63) is 139 Å². The van der Waals surface area contributed by atoms with Gasteiger partial charge in [0.1, 0.15) is 17.0 Å². The number of carbonyl (C=O) groups is 5. The maximum absolute atomic E-state index is 13.2. The zero-order chi connectivity index (χ0) is 44.9. The third kappa shape index (κ3) is 11.5. The lowest BCUT2D eigenvalue weighted by Crippen LogP contribution is -2.40. The molecule has 0 aliphatic carbocycles. The number of aromatic carboxylic acids is 2. The van der Waals surface area contributed by atoms with E-state index in [-0.39, 0.29) is 42.5 Å². The van der Waals surface area contributed by atoms with E-state index in [2.05, 4.69) is 16.0 Å². The fourth-order valence-electron chi connectivity index (χ4n) is 6.34. The van der Waals surface area contributed by atoms with Crippen molar-refractivity contribution >= 4 is 110 Å². The Morgan fingerprint density at radius 3 is 1.42 bits per heavy atom. The van der Waals surface area contributed by atoms with Gasteiger partial charge >= 0.3 is 18.0 Å². The topological polar surface area (TPSA) is 207 Å². The van der Waals surface area contributed by atoms with Crippen molar-refractivity contribution in [1.29, 1.82) is 0 Å². The Bertz CT molecular complexity index is 2640. The summed E-state index contributed by atoms with van der Waals surface area (Å²) in [5.41, 5.74) is 8.98. The number of rotatable bonds is 11. The number of hydrogen-bond acceptors (Lipinski definition) is 7. The normalized spacial score (nSPS) is 12.0. The van der Waals surface area contributed by atoms with Gasteiger partial charge in [-0.05, 0) is 92.6 Å². The summed E-state index contributed by atoms with van der Waals surface area (Å²) in [6, 6.07) is 21.4. The Hall–Kier alpha value is -5.48. The van der Waals surface area contributed by atoms with E-state index in [1.807, 2.05) is 0 Å². The van der Waals surface area contributed by atoms with E-state index < -0.39 is 41.6 Å². The summed E-state index contributed by atoms with van der Waals surface area (Å²) < 4.78 is 8.70. The van der Waals surface area contributed by atoms with Gasteiger partial charge in [-0.3, -0.25) is 9.59 Å². The molecule has 0 aliphatic rings. The van der Waals surface area contributed by atoms with E-state index in [0.29, 0.717) is 47.8 Å². The number of nitrogens with two attached hydrogens (primary N) is 1. The van der Waals surface area contributed by atoms with Gasteiger partial charge in [0.15, 0.2) is 0 Å². The molecular weight excluding hydrogens is 906 g/mol. The van der Waals surface area contributed by atoms with Crippen LogP contribution in [0.5, 0.6) is 0 Å². The Morgan fingerprint density at radius 1 is 0.661 bits per heavy atom. The van der Waals surface area contributed by atoms with Gasteiger partial charge in [0.05, 0.1) is 43.3 Å². The van der Waals surface area contributed by atoms with E-state index in [4.69, 9.17) is 67.1 Å². The lowest BCUT2D eigenvalue weighted by atomic mass is 10.0. The average molecular weight is 949 g/mol. The molecule has 2 unspecified atom stereocenters. The van der Waals surface area contributed by atoms with Crippen LogP contribution >= 0.6 is 58.8 Å². The number of halogens is 5. The summed E-state index contributed by atoms with van der Waals surface area (Å²) in [6.07, 6.45) is -0.639. The fourth-order valence-corrected chi connectivity index (χ4v) is 7.10. The van der Waals surface area contributed by atoms with Crippen molar-refractivity contribution in [2.75, 3.05) is 13.1 Å². The molecule has 6 rings (SSSR count). The third-order valence-corrected chi connectivity index (χ3v) is 11.1. The summed E-state index contributed by atoms with van der Waals surface area (Å²) in [5, 5.41) is 29.4. The summed E-state index contributed by atoms with van der Waals surface area (Å²) in [5.74, 6) is -2.81. The van der Waals surface area contributed by atoms with E-state index in [1.165, 1.54) is 24.3 Å². The number of alkyl carbamates (subject to hydrolysis) is 1. The second-order valence-electron chi connectivity index (χ2n) is 14.8. The molecule has 14 nitrogen and oxygen atoms in total. The van der Waals surface area contributed by atoms with Crippen LogP contribution < -0.4 is 21.7 Å². The molecule has 19 heteroatoms. The number of hydrogen-bond donors (Lipinski definition) is 6. The van der Waals surface area contributed by atoms with Gasteiger partial charge in [0.2, 0.25) is 0 Å². The van der Waals surface area contributed by atoms with Gasteiger partial charge < -0.3 is 45.8 Å². The molecule has 0 saturated carbocycles. The number of nitrogens with one attached hydrogen (secondary N) is 3. The van der Waals surface area contributed by atoms with Crippen molar-refractivity contribution in [2.45, 2.75) is 38.5 Å². The Kier molecular flexibility index (Phi) is 16.3. The second-order valence-corrected chi connectivity index (χ2v) is 16.4. The zero-order valence-corrected chi connectivity index (χ0v) is 37.7. The van der Waals surface area contributed by atoms with Crippen LogP contribution in [-0.4, -0.2) is 67.9 Å². The minimum atomic E-state index is -1.06. The molecule has 0 fully saturated rings. The molecule has 3 amide bonds. The monoisotopic (exact) mass is 946 g/mol. The third-order valence-electron chi connectivity index (χ3n) is 9.51. The molecule has 2 heterocycles. The largest absolute Gasteiger partial charge is 0.478 e. The van der Waals surface area contributed by atoms with Crippen LogP contribution in [0.1, 0.15) is 85.7 Å². The summed E-state index contributed by atoms with van der Waals surface area (Å²) >= 11 is 24.7. The quantitative estimate of drug-likeness (QED) is 0.0731. The molecule has 0 spiro atoms. The number of aromatic nitrogens is 2. The maximum Gasteiger partial charge on any atom is 0.407 e. The van der Waals surface area contributed by atoms with Gasteiger partial charge in [-0.2, -0.15) is 0 Å². The molecular formula is C43H43Cl5N6O8. The molecule has 7 N–H and O–H groups in total. The number of nitrogens with zero attached hydrogens (tertiary/aromatic N) is 2. The highest BCUT2D eigenvalue weighted by atomic mass is 35.5. The maximum atomic E-state index is 13.2. The number of carboxylic acid groups (broad SMARTS) is 2. The Morgan fingerprint density at radius 2 is 1.05 bits per heavy atom. The lowest BCUT2D eigenvalue weighted by Gasteiger charge is -2.23. The van der Waals surface area contributed by atoms with Crippen molar-refractivity contribution in [1.82, 2.24) is 25.1 Å². The number of carboxylic acids is 2. The van der Waals surface area contributed by atoms with Crippen LogP contribution in [0.3, 0.4) is 0 Å². The number of aryl methyl sites for hydroxylation is 2. The van der Waals surface area contributed by atoms with Crippen LogP contribution in [0.2, 0.25) is 20.1 Å². The van der Waals surface area contributed by atoms with Gasteiger partial charge in [0.25, 0.3) is 11.8 Å². The van der Waals surface area contributed by atoms with Crippen LogP contribution in [0.4, 0.5) is 4.79 Å². The van der Waals surface area contributed by atoms with Gasteiger partial charge in [-0.15, -0.1) is 12.4 Å². The predicted octanol–water partition coefficient (Wildman–Crippen LogP) is 9.21. The van der Waals surface area contributed by atoms with E-state index >= 15 is 0 Å². The van der Waals surface area contributed by atoms with Crippen LogP contribution in [-0.2, 0) is 18.8 Å². The highest BCUT2D eigenvalue weighted by Gasteiger charge is 2.24. The van der Waals surface area contributed by atoms with Gasteiger partial charge in [-0.1, -0.05) is 70.7 Å². The van der Waals surface area contributed by atoms with Gasteiger partial charge in [-0.25, -0.2) is 14.4 Å². The summed E-state index contributed by atoms with van der Waals surface area (Å²) in [4.78, 5) is 60.4. The first-order valence-electron chi connectivity index (χ1n) is 18.5. The molecule has 0 saturated heterocycles. The predicted molar refractivity (Wildman–Crippen MR) is 244 cm³/mol. The molecule has 62 heavy (non-hydrogen) atoms. The number of fused-ring (bicyclic) bond motifs is 2. The number of benzene rings is 4. The number of amides is 3. The molecule has 0 aliphatic heterocycles. The van der Waals surface area contributed by atoms with E-state index in [1.54, 1.807) is 105 Å². The highest BCUT2D eigenvalue weighted by Crippen LogP contribution is 2.34.